The molecule has 2 nitrogen and oxygen atoms in total. The van der Waals surface area contributed by atoms with Gasteiger partial charge in [0.2, 0.25) is 0 Å². The summed E-state index contributed by atoms with van der Waals surface area (Å²) in [5.74, 6) is 1.57. The summed E-state index contributed by atoms with van der Waals surface area (Å²) >= 11 is 0. The molecule has 0 saturated heterocycles. The fourth-order valence-corrected chi connectivity index (χ4v) is 4.64. The molecule has 0 aliphatic heterocycles. The first-order valence-corrected chi connectivity index (χ1v) is 8.76. The zero-order valence-electron chi connectivity index (χ0n) is 17.4. The van der Waals surface area contributed by atoms with Crippen molar-refractivity contribution in [3.8, 4) is 0 Å². The molecule has 0 saturated carbocycles. The van der Waals surface area contributed by atoms with Gasteiger partial charge in [-0.1, -0.05) is 70.2 Å². The molecule has 1 aromatic rings. The van der Waals surface area contributed by atoms with Crippen LogP contribution in [0.25, 0.3) is 0 Å². The summed E-state index contributed by atoms with van der Waals surface area (Å²) < 4.78 is 0. The van der Waals surface area contributed by atoms with E-state index in [4.69, 9.17) is 5.73 Å². The summed E-state index contributed by atoms with van der Waals surface area (Å²) in [6, 6.07) is 10.6. The SMILES string of the molecule is C=C(O)C(C(C)(C)N)C(C)(C)C(C)(C)C(c1ccccc1)[C-](C)C.[Y]. The van der Waals surface area contributed by atoms with E-state index in [1.165, 1.54) is 11.5 Å². The Bertz CT molecular complexity index is 555. The van der Waals surface area contributed by atoms with Crippen LogP contribution in [0.4, 0.5) is 0 Å². The Kier molecular flexibility index (Phi) is 8.61. The van der Waals surface area contributed by atoms with Gasteiger partial charge < -0.3 is 16.8 Å². The molecule has 3 heteroatoms. The van der Waals surface area contributed by atoms with Crippen molar-refractivity contribution >= 4 is 0 Å². The molecule has 0 heterocycles. The van der Waals surface area contributed by atoms with Crippen LogP contribution in [0.3, 0.4) is 0 Å². The monoisotopic (exact) mass is 419 g/mol. The second-order valence-corrected chi connectivity index (χ2v) is 9.11. The maximum atomic E-state index is 10.4. The van der Waals surface area contributed by atoms with Gasteiger partial charge in [0.05, 0.1) is 5.76 Å². The minimum absolute atomic E-state index is 0. The normalized spacial score (nSPS) is 15.4. The Labute approximate surface area is 180 Å². The van der Waals surface area contributed by atoms with Gasteiger partial charge in [-0.2, -0.15) is 13.8 Å². The van der Waals surface area contributed by atoms with E-state index < -0.39 is 5.54 Å². The molecular formula is C22H36NOY-. The fourth-order valence-electron chi connectivity index (χ4n) is 4.64. The zero-order valence-corrected chi connectivity index (χ0v) is 20.2. The zero-order chi connectivity index (χ0) is 18.9. The van der Waals surface area contributed by atoms with Crippen molar-refractivity contribution in [3.05, 3.63) is 54.2 Å². The van der Waals surface area contributed by atoms with E-state index >= 15 is 0 Å². The summed E-state index contributed by atoms with van der Waals surface area (Å²) in [7, 11) is 0. The number of aliphatic hydroxyl groups excluding tert-OH is 1. The molecule has 0 amide bonds. The summed E-state index contributed by atoms with van der Waals surface area (Å²) in [5.41, 5.74) is 6.78. The van der Waals surface area contributed by atoms with Gasteiger partial charge in [-0.3, -0.25) is 0 Å². The van der Waals surface area contributed by atoms with Crippen LogP contribution in [0.5, 0.6) is 0 Å². The molecule has 3 N–H and O–H groups in total. The van der Waals surface area contributed by atoms with E-state index in [0.29, 0.717) is 0 Å². The van der Waals surface area contributed by atoms with E-state index in [-0.39, 0.29) is 61.1 Å². The van der Waals surface area contributed by atoms with Gasteiger partial charge in [0.1, 0.15) is 0 Å². The molecule has 0 spiro atoms. The van der Waals surface area contributed by atoms with Gasteiger partial charge in [-0.15, -0.1) is 5.92 Å². The molecule has 0 aliphatic rings. The van der Waals surface area contributed by atoms with E-state index in [9.17, 15) is 5.11 Å². The van der Waals surface area contributed by atoms with Crippen molar-refractivity contribution in [2.24, 2.45) is 22.5 Å². The third-order valence-electron chi connectivity index (χ3n) is 5.89. The quantitative estimate of drug-likeness (QED) is 0.430. The predicted molar refractivity (Wildman–Crippen MR) is 105 cm³/mol. The Hall–Kier alpha value is -0.176. The second kappa shape index (κ2) is 8.67. The van der Waals surface area contributed by atoms with Crippen LogP contribution in [0.1, 0.15) is 66.9 Å². The third-order valence-corrected chi connectivity index (χ3v) is 5.89. The van der Waals surface area contributed by atoms with Crippen LogP contribution in [-0.4, -0.2) is 10.6 Å². The molecule has 139 valence electrons. The van der Waals surface area contributed by atoms with Crippen molar-refractivity contribution in [3.63, 3.8) is 0 Å². The van der Waals surface area contributed by atoms with E-state index in [0.717, 1.165) is 0 Å². The number of nitrogens with two attached hydrogens (primary N) is 1. The Morgan fingerprint density at radius 1 is 1.00 bits per heavy atom. The van der Waals surface area contributed by atoms with Gasteiger partial charge in [-0.05, 0) is 24.7 Å². The van der Waals surface area contributed by atoms with Gasteiger partial charge in [0.25, 0.3) is 0 Å². The van der Waals surface area contributed by atoms with Gasteiger partial charge >= 0.3 is 0 Å². The summed E-state index contributed by atoms with van der Waals surface area (Å²) in [6.07, 6.45) is 0. The second-order valence-electron chi connectivity index (χ2n) is 9.11. The molecule has 0 fully saturated rings. The molecule has 1 aromatic carbocycles. The molecule has 25 heavy (non-hydrogen) atoms. The molecule has 0 bridgehead atoms. The minimum atomic E-state index is -0.560. The first-order chi connectivity index (χ1) is 10.7. The maximum Gasteiger partial charge on any atom is 0.0905 e. The Morgan fingerprint density at radius 2 is 1.44 bits per heavy atom. The summed E-state index contributed by atoms with van der Waals surface area (Å²) in [6.45, 7) is 21.1. The van der Waals surface area contributed by atoms with Crippen LogP contribution in [0, 0.1) is 22.7 Å². The Balaban J connectivity index is 0.00000576. The van der Waals surface area contributed by atoms with Crippen LogP contribution in [-0.2, 0) is 32.7 Å². The molecule has 0 aliphatic carbocycles. The fraction of sp³-hybridized carbons (Fsp3) is 0.591. The summed E-state index contributed by atoms with van der Waals surface area (Å²) in [5, 5.41) is 10.4. The number of benzene rings is 1. The van der Waals surface area contributed by atoms with Crippen molar-refractivity contribution in [1.82, 2.24) is 0 Å². The molecule has 0 aromatic heterocycles. The molecular weight excluding hydrogens is 383 g/mol. The number of aliphatic hydroxyl groups is 1. The van der Waals surface area contributed by atoms with Crippen LogP contribution < -0.4 is 5.73 Å². The van der Waals surface area contributed by atoms with Crippen molar-refractivity contribution < 1.29 is 37.8 Å². The summed E-state index contributed by atoms with van der Waals surface area (Å²) in [4.78, 5) is 0. The number of hydrogen-bond acceptors (Lipinski definition) is 2. The topological polar surface area (TPSA) is 46.2 Å². The largest absolute Gasteiger partial charge is 0.513 e. The minimum Gasteiger partial charge on any atom is -0.513 e. The smallest absolute Gasteiger partial charge is 0.0905 e. The average Bonchev–Trinajstić information content (AvgIpc) is 2.35. The van der Waals surface area contributed by atoms with Crippen molar-refractivity contribution in [2.75, 3.05) is 0 Å². The maximum absolute atomic E-state index is 10.4. The van der Waals surface area contributed by atoms with Gasteiger partial charge in [0.15, 0.2) is 0 Å². The third kappa shape index (κ3) is 5.18. The van der Waals surface area contributed by atoms with Gasteiger partial charge in [0, 0.05) is 44.2 Å². The molecule has 1 radical (unpaired) electrons. The first-order valence-electron chi connectivity index (χ1n) is 8.76. The van der Waals surface area contributed by atoms with E-state index in [1.54, 1.807) is 0 Å². The standard InChI is InChI=1S/C22H36NO.Y/c1-15(2)18(17-13-11-10-12-14-17)20(4,5)21(6,7)19(16(3)24)22(8,9)23;/h10-14,18-19,24H,3,23H2,1-2,4-9H3;/q-1;. The van der Waals surface area contributed by atoms with Crippen LogP contribution in [0.2, 0.25) is 0 Å². The van der Waals surface area contributed by atoms with Crippen LogP contribution >= 0.6 is 0 Å². The van der Waals surface area contributed by atoms with Gasteiger partial charge in [-0.25, -0.2) is 0 Å². The van der Waals surface area contributed by atoms with E-state index in [2.05, 4.69) is 72.4 Å². The molecule has 2 atom stereocenters. The van der Waals surface area contributed by atoms with E-state index in [1.807, 2.05) is 19.9 Å². The number of hydrogen-bond donors (Lipinski definition) is 2. The molecule has 1 rings (SSSR count). The average molecular weight is 419 g/mol. The van der Waals surface area contributed by atoms with Crippen LogP contribution in [0.15, 0.2) is 42.7 Å². The predicted octanol–water partition coefficient (Wildman–Crippen LogP) is 5.86. The van der Waals surface area contributed by atoms with Crippen molar-refractivity contribution in [2.45, 2.75) is 66.8 Å². The number of rotatable bonds is 7. The molecule has 2 unspecified atom stereocenters. The Morgan fingerprint density at radius 3 is 1.76 bits per heavy atom. The first kappa shape index (κ1) is 24.8. The van der Waals surface area contributed by atoms with Crippen molar-refractivity contribution in [1.29, 1.82) is 0 Å².